The molecule has 17 heavy (non-hydrogen) atoms. The lowest BCUT2D eigenvalue weighted by atomic mass is 10.00. The fourth-order valence-electron chi connectivity index (χ4n) is 2.88. The van der Waals surface area contributed by atoms with Crippen molar-refractivity contribution in [3.8, 4) is 0 Å². The van der Waals surface area contributed by atoms with Crippen LogP contribution in [0.2, 0.25) is 0 Å². The lowest BCUT2D eigenvalue weighted by Gasteiger charge is -2.05. The van der Waals surface area contributed by atoms with Crippen LogP contribution in [0.4, 0.5) is 0 Å². The highest BCUT2D eigenvalue weighted by Gasteiger charge is 2.22. The Morgan fingerprint density at radius 3 is 2.82 bits per heavy atom. The lowest BCUT2D eigenvalue weighted by Crippen LogP contribution is -1.96. The summed E-state index contributed by atoms with van der Waals surface area (Å²) in [5, 5.41) is 5.80. The number of aldehydes is 1. The number of benzene rings is 1. The van der Waals surface area contributed by atoms with Crippen LogP contribution < -0.4 is 0 Å². The molecule has 1 fully saturated rings. The zero-order valence-electron chi connectivity index (χ0n) is 10.0. The molecule has 3 heteroatoms. The van der Waals surface area contributed by atoms with Gasteiger partial charge in [0.25, 0.3) is 0 Å². The van der Waals surface area contributed by atoms with E-state index in [0.29, 0.717) is 5.92 Å². The van der Waals surface area contributed by atoms with Crippen molar-refractivity contribution in [2.75, 3.05) is 0 Å². The molecule has 3 nitrogen and oxygen atoms in total. The SMILES string of the molecule is Cn1nc(C2CCCC2)c2cc(C=O)ccc21. The molecule has 0 amide bonds. The molecule has 0 bridgehead atoms. The molecule has 1 heterocycles. The molecule has 1 saturated carbocycles. The number of carbonyl (C=O) groups is 1. The number of aromatic nitrogens is 2. The molecule has 0 N–H and O–H groups in total. The average molecular weight is 228 g/mol. The third-order valence-electron chi connectivity index (χ3n) is 3.78. The van der Waals surface area contributed by atoms with Crippen molar-refractivity contribution in [1.29, 1.82) is 0 Å². The molecular weight excluding hydrogens is 212 g/mol. The van der Waals surface area contributed by atoms with Gasteiger partial charge in [0.15, 0.2) is 0 Å². The van der Waals surface area contributed by atoms with Crippen molar-refractivity contribution in [2.24, 2.45) is 7.05 Å². The second kappa shape index (κ2) is 3.99. The Balaban J connectivity index is 2.19. The lowest BCUT2D eigenvalue weighted by molar-refractivity contribution is 0.112. The fraction of sp³-hybridized carbons (Fsp3) is 0.429. The topological polar surface area (TPSA) is 34.9 Å². The molecular formula is C14H16N2O. The maximum Gasteiger partial charge on any atom is 0.150 e. The molecule has 1 aliphatic carbocycles. The highest BCUT2D eigenvalue weighted by molar-refractivity contribution is 5.89. The monoisotopic (exact) mass is 228 g/mol. The maximum absolute atomic E-state index is 10.9. The molecule has 0 aliphatic heterocycles. The second-order valence-corrected chi connectivity index (χ2v) is 4.88. The van der Waals surface area contributed by atoms with Crippen LogP contribution >= 0.6 is 0 Å². The Kier molecular flexibility index (Phi) is 2.46. The third kappa shape index (κ3) is 1.66. The van der Waals surface area contributed by atoms with E-state index in [-0.39, 0.29) is 0 Å². The summed E-state index contributed by atoms with van der Waals surface area (Å²) in [6.45, 7) is 0. The van der Waals surface area contributed by atoms with Gasteiger partial charge >= 0.3 is 0 Å². The first-order valence-corrected chi connectivity index (χ1v) is 6.21. The molecule has 0 unspecified atom stereocenters. The van der Waals surface area contributed by atoms with Gasteiger partial charge in [-0.3, -0.25) is 9.48 Å². The van der Waals surface area contributed by atoms with Crippen LogP contribution in [0.15, 0.2) is 18.2 Å². The molecule has 0 spiro atoms. The summed E-state index contributed by atoms with van der Waals surface area (Å²) in [5.74, 6) is 0.584. The first-order chi connectivity index (χ1) is 8.29. The van der Waals surface area contributed by atoms with Crippen LogP contribution in [0.1, 0.15) is 47.7 Å². The number of aryl methyl sites for hydroxylation is 1. The van der Waals surface area contributed by atoms with E-state index in [4.69, 9.17) is 0 Å². The standard InChI is InChI=1S/C14H16N2O/c1-16-13-7-6-10(9-17)8-12(13)14(15-16)11-4-2-3-5-11/h6-9,11H,2-5H2,1H3. The summed E-state index contributed by atoms with van der Waals surface area (Å²) >= 11 is 0. The summed E-state index contributed by atoms with van der Waals surface area (Å²) in [4.78, 5) is 10.9. The third-order valence-corrected chi connectivity index (χ3v) is 3.78. The molecule has 1 aromatic heterocycles. The second-order valence-electron chi connectivity index (χ2n) is 4.88. The van der Waals surface area contributed by atoms with E-state index in [9.17, 15) is 4.79 Å². The van der Waals surface area contributed by atoms with E-state index < -0.39 is 0 Å². The minimum absolute atomic E-state index is 0.584. The van der Waals surface area contributed by atoms with Gasteiger partial charge in [0.1, 0.15) is 6.29 Å². The minimum Gasteiger partial charge on any atom is -0.298 e. The molecule has 0 saturated heterocycles. The molecule has 1 aromatic carbocycles. The average Bonchev–Trinajstić information content (AvgIpc) is 2.97. The van der Waals surface area contributed by atoms with E-state index >= 15 is 0 Å². The predicted octanol–water partition coefficient (Wildman–Crippen LogP) is 3.04. The highest BCUT2D eigenvalue weighted by Crippen LogP contribution is 2.36. The van der Waals surface area contributed by atoms with Gasteiger partial charge in [-0.25, -0.2) is 0 Å². The Labute approximate surface area is 100 Å². The summed E-state index contributed by atoms with van der Waals surface area (Å²) < 4.78 is 1.93. The van der Waals surface area contributed by atoms with Gasteiger partial charge in [-0.15, -0.1) is 0 Å². The van der Waals surface area contributed by atoms with E-state index in [2.05, 4.69) is 5.10 Å². The van der Waals surface area contributed by atoms with Crippen LogP contribution in [-0.4, -0.2) is 16.1 Å². The van der Waals surface area contributed by atoms with Crippen LogP contribution in [0.5, 0.6) is 0 Å². The number of hydrogen-bond donors (Lipinski definition) is 0. The molecule has 3 rings (SSSR count). The van der Waals surface area contributed by atoms with Gasteiger partial charge in [-0.05, 0) is 31.0 Å². The number of fused-ring (bicyclic) bond motifs is 1. The van der Waals surface area contributed by atoms with Gasteiger partial charge < -0.3 is 0 Å². The Morgan fingerprint density at radius 1 is 1.35 bits per heavy atom. The smallest absolute Gasteiger partial charge is 0.150 e. The van der Waals surface area contributed by atoms with E-state index in [0.717, 1.165) is 22.8 Å². The summed E-state index contributed by atoms with van der Waals surface area (Å²) in [7, 11) is 1.97. The molecule has 0 atom stereocenters. The largest absolute Gasteiger partial charge is 0.298 e. The minimum atomic E-state index is 0.584. The molecule has 0 radical (unpaired) electrons. The van der Waals surface area contributed by atoms with Gasteiger partial charge in [-0.1, -0.05) is 12.8 Å². The zero-order chi connectivity index (χ0) is 11.8. The van der Waals surface area contributed by atoms with Crippen molar-refractivity contribution in [2.45, 2.75) is 31.6 Å². The number of carbonyl (C=O) groups excluding carboxylic acids is 1. The van der Waals surface area contributed by atoms with E-state index in [1.807, 2.05) is 29.9 Å². The fourth-order valence-corrected chi connectivity index (χ4v) is 2.88. The first-order valence-electron chi connectivity index (χ1n) is 6.21. The van der Waals surface area contributed by atoms with Gasteiger partial charge in [0.05, 0.1) is 11.2 Å². The molecule has 88 valence electrons. The highest BCUT2D eigenvalue weighted by atomic mass is 16.1. The summed E-state index contributed by atoms with van der Waals surface area (Å²) in [5.41, 5.74) is 3.05. The van der Waals surface area contributed by atoms with Gasteiger partial charge in [0, 0.05) is 23.9 Å². The summed E-state index contributed by atoms with van der Waals surface area (Å²) in [6, 6.07) is 5.82. The summed E-state index contributed by atoms with van der Waals surface area (Å²) in [6.07, 6.45) is 5.98. The molecule has 1 aliphatic rings. The normalized spacial score (nSPS) is 16.8. The van der Waals surface area contributed by atoms with E-state index in [1.54, 1.807) is 0 Å². The number of hydrogen-bond acceptors (Lipinski definition) is 2. The maximum atomic E-state index is 10.9. The number of nitrogens with zero attached hydrogens (tertiary/aromatic N) is 2. The van der Waals surface area contributed by atoms with Gasteiger partial charge in [-0.2, -0.15) is 5.10 Å². The van der Waals surface area contributed by atoms with Crippen LogP contribution in [0.25, 0.3) is 10.9 Å². The zero-order valence-corrected chi connectivity index (χ0v) is 10.0. The van der Waals surface area contributed by atoms with Crippen LogP contribution in [0, 0.1) is 0 Å². The quantitative estimate of drug-likeness (QED) is 0.740. The first kappa shape index (κ1) is 10.5. The Bertz CT molecular complexity index is 565. The van der Waals surface area contributed by atoms with Crippen molar-refractivity contribution in [3.63, 3.8) is 0 Å². The van der Waals surface area contributed by atoms with Crippen molar-refractivity contribution in [1.82, 2.24) is 9.78 Å². The Hall–Kier alpha value is -1.64. The van der Waals surface area contributed by atoms with Crippen molar-refractivity contribution in [3.05, 3.63) is 29.5 Å². The van der Waals surface area contributed by atoms with Crippen LogP contribution in [0.3, 0.4) is 0 Å². The van der Waals surface area contributed by atoms with Crippen molar-refractivity contribution >= 4 is 17.2 Å². The molecule has 2 aromatic rings. The van der Waals surface area contributed by atoms with E-state index in [1.165, 1.54) is 31.4 Å². The van der Waals surface area contributed by atoms with Gasteiger partial charge in [0.2, 0.25) is 0 Å². The van der Waals surface area contributed by atoms with Crippen molar-refractivity contribution < 1.29 is 4.79 Å². The van der Waals surface area contributed by atoms with Crippen LogP contribution in [-0.2, 0) is 7.05 Å². The Morgan fingerprint density at radius 2 is 2.12 bits per heavy atom. The predicted molar refractivity (Wildman–Crippen MR) is 67.3 cm³/mol. The number of rotatable bonds is 2.